The second-order valence-electron chi connectivity index (χ2n) is 3.20. The van der Waals surface area contributed by atoms with Gasteiger partial charge in [0.25, 0.3) is 0 Å². The Morgan fingerprint density at radius 2 is 1.65 bits per heavy atom. The summed E-state index contributed by atoms with van der Waals surface area (Å²) in [5.41, 5.74) is -0.714. The van der Waals surface area contributed by atoms with E-state index in [1.807, 2.05) is 5.32 Å². The van der Waals surface area contributed by atoms with Crippen LogP contribution in [0.3, 0.4) is 0 Å². The molecule has 0 radical (unpaired) electrons. The van der Waals surface area contributed by atoms with Crippen LogP contribution in [0.15, 0.2) is 12.1 Å². The molecule has 0 bridgehead atoms. The molecule has 0 heterocycles. The fourth-order valence-electron chi connectivity index (χ4n) is 1.44. The van der Waals surface area contributed by atoms with E-state index >= 15 is 0 Å². The zero-order valence-electron chi connectivity index (χ0n) is 8.72. The predicted molar refractivity (Wildman–Crippen MR) is 56.7 cm³/mol. The second-order valence-corrected chi connectivity index (χ2v) is 3.20. The average Bonchev–Trinajstić information content (AvgIpc) is 2.15. The van der Waals surface area contributed by atoms with Gasteiger partial charge in [0.15, 0.2) is 0 Å². The summed E-state index contributed by atoms with van der Waals surface area (Å²) in [5.74, 6) is -2.67. The first kappa shape index (κ1) is 12.5. The minimum atomic E-state index is -1.42. The zero-order valence-corrected chi connectivity index (χ0v) is 8.72. The number of benzene rings is 1. The number of carboxylic acid groups (broad SMARTS) is 3. The van der Waals surface area contributed by atoms with Gasteiger partial charge in [-0.15, -0.1) is 0 Å². The van der Waals surface area contributed by atoms with Crippen LogP contribution in [-0.2, 0) is 0 Å². The fraction of sp³-hybridized carbons (Fsp3) is 0.100. The van der Waals surface area contributed by atoms with Gasteiger partial charge in [-0.2, -0.15) is 0 Å². The first-order valence-corrected chi connectivity index (χ1v) is 4.44. The van der Waals surface area contributed by atoms with Crippen LogP contribution >= 0.6 is 0 Å². The molecular weight excluding hydrogens is 230 g/mol. The first-order valence-electron chi connectivity index (χ1n) is 4.44. The molecular formula is C10H9NO6. The Morgan fingerprint density at radius 3 is 2.06 bits per heavy atom. The number of carboxylic acids is 2. The fourth-order valence-corrected chi connectivity index (χ4v) is 1.44. The normalized spacial score (nSPS) is 9.71. The standard InChI is InChI=1S/C10H9NO6/c1-4-5(8(12)13)2-3-6(11-10(16)17)7(4)9(14)15/h2-3,11H,1H3,(H,12,13)(H,14,15)(H,16,17). The third kappa shape index (κ3) is 2.51. The maximum Gasteiger partial charge on any atom is 0.409 e. The SMILES string of the molecule is Cc1c(C(=O)O)ccc(NC(=O)O)c1C(=O)O. The molecule has 1 amide bonds. The molecule has 7 nitrogen and oxygen atoms in total. The average molecular weight is 239 g/mol. The molecule has 1 aromatic rings. The van der Waals surface area contributed by atoms with Crippen molar-refractivity contribution in [2.75, 3.05) is 5.32 Å². The highest BCUT2D eigenvalue weighted by Crippen LogP contribution is 2.23. The van der Waals surface area contributed by atoms with E-state index in [4.69, 9.17) is 15.3 Å². The second kappa shape index (κ2) is 4.52. The van der Waals surface area contributed by atoms with E-state index < -0.39 is 18.0 Å². The Hall–Kier alpha value is -2.57. The van der Waals surface area contributed by atoms with E-state index in [-0.39, 0.29) is 22.4 Å². The molecule has 4 N–H and O–H groups in total. The van der Waals surface area contributed by atoms with E-state index in [1.54, 1.807) is 0 Å². The molecule has 0 fully saturated rings. The molecule has 0 unspecified atom stereocenters. The summed E-state index contributed by atoms with van der Waals surface area (Å²) >= 11 is 0. The lowest BCUT2D eigenvalue weighted by molar-refractivity contribution is 0.0696. The van der Waals surface area contributed by atoms with Gasteiger partial charge in [-0.3, -0.25) is 5.32 Å². The number of nitrogens with one attached hydrogen (secondary N) is 1. The summed E-state index contributed by atoms with van der Waals surface area (Å²) in [6.07, 6.45) is -1.42. The van der Waals surface area contributed by atoms with Crippen LogP contribution < -0.4 is 5.32 Å². The lowest BCUT2D eigenvalue weighted by Crippen LogP contribution is -2.15. The van der Waals surface area contributed by atoms with Crippen LogP contribution in [0.2, 0.25) is 0 Å². The predicted octanol–water partition coefficient (Wildman–Crippen LogP) is 1.48. The summed E-state index contributed by atoms with van der Waals surface area (Å²) in [6, 6.07) is 2.25. The number of hydrogen-bond donors (Lipinski definition) is 4. The monoisotopic (exact) mass is 239 g/mol. The van der Waals surface area contributed by atoms with Crippen molar-refractivity contribution >= 4 is 23.7 Å². The van der Waals surface area contributed by atoms with Crippen molar-refractivity contribution in [2.24, 2.45) is 0 Å². The van der Waals surface area contributed by atoms with Crippen molar-refractivity contribution in [1.29, 1.82) is 0 Å². The molecule has 7 heteroatoms. The van der Waals surface area contributed by atoms with E-state index in [2.05, 4.69) is 0 Å². The molecule has 0 aliphatic heterocycles. The highest BCUT2D eigenvalue weighted by molar-refractivity contribution is 6.03. The van der Waals surface area contributed by atoms with Crippen LogP contribution in [0.25, 0.3) is 0 Å². The highest BCUT2D eigenvalue weighted by atomic mass is 16.4. The first-order chi connectivity index (χ1) is 7.84. The van der Waals surface area contributed by atoms with Crippen molar-refractivity contribution < 1.29 is 29.7 Å². The van der Waals surface area contributed by atoms with Gasteiger partial charge < -0.3 is 15.3 Å². The Kier molecular flexibility index (Phi) is 3.32. The third-order valence-corrected chi connectivity index (χ3v) is 2.15. The van der Waals surface area contributed by atoms with E-state index in [0.29, 0.717) is 0 Å². The minimum absolute atomic E-state index is 0.00347. The largest absolute Gasteiger partial charge is 0.478 e. The number of aromatic carboxylic acids is 2. The number of rotatable bonds is 3. The topological polar surface area (TPSA) is 124 Å². The summed E-state index contributed by atoms with van der Waals surface area (Å²) < 4.78 is 0. The molecule has 1 aromatic carbocycles. The number of amides is 1. The summed E-state index contributed by atoms with van der Waals surface area (Å²) in [4.78, 5) is 32.2. The Labute approximate surface area is 95.3 Å². The van der Waals surface area contributed by atoms with Gasteiger partial charge in [0.05, 0.1) is 16.8 Å². The molecule has 17 heavy (non-hydrogen) atoms. The smallest absolute Gasteiger partial charge is 0.409 e. The van der Waals surface area contributed by atoms with Crippen molar-refractivity contribution in [1.82, 2.24) is 0 Å². The number of carbonyl (C=O) groups is 3. The highest BCUT2D eigenvalue weighted by Gasteiger charge is 2.20. The van der Waals surface area contributed by atoms with Crippen molar-refractivity contribution in [2.45, 2.75) is 6.92 Å². The molecule has 0 spiro atoms. The molecule has 1 rings (SSSR count). The third-order valence-electron chi connectivity index (χ3n) is 2.15. The number of anilines is 1. The zero-order chi connectivity index (χ0) is 13.2. The lowest BCUT2D eigenvalue weighted by atomic mass is 10.0. The molecule has 0 atom stereocenters. The lowest BCUT2D eigenvalue weighted by Gasteiger charge is -2.10. The van der Waals surface area contributed by atoms with Gasteiger partial charge in [0.1, 0.15) is 0 Å². The van der Waals surface area contributed by atoms with Crippen molar-refractivity contribution in [3.63, 3.8) is 0 Å². The molecule has 90 valence electrons. The van der Waals surface area contributed by atoms with E-state index in [9.17, 15) is 14.4 Å². The molecule has 0 aliphatic carbocycles. The van der Waals surface area contributed by atoms with Crippen molar-refractivity contribution in [3.8, 4) is 0 Å². The summed E-state index contributed by atoms with van der Waals surface area (Å²) in [6.45, 7) is 1.31. The van der Waals surface area contributed by atoms with E-state index in [0.717, 1.165) is 12.1 Å². The Bertz CT molecular complexity index is 508. The molecule has 0 saturated carbocycles. The van der Waals surface area contributed by atoms with Crippen LogP contribution in [-0.4, -0.2) is 33.4 Å². The van der Waals surface area contributed by atoms with Gasteiger partial charge in [-0.1, -0.05) is 0 Å². The Morgan fingerprint density at radius 1 is 1.06 bits per heavy atom. The van der Waals surface area contributed by atoms with Crippen LogP contribution in [0, 0.1) is 6.92 Å². The summed E-state index contributed by atoms with van der Waals surface area (Å²) in [5, 5.41) is 28.2. The van der Waals surface area contributed by atoms with Gasteiger partial charge in [0, 0.05) is 0 Å². The minimum Gasteiger partial charge on any atom is -0.478 e. The van der Waals surface area contributed by atoms with Crippen molar-refractivity contribution in [3.05, 3.63) is 28.8 Å². The van der Waals surface area contributed by atoms with E-state index in [1.165, 1.54) is 6.92 Å². The number of hydrogen-bond acceptors (Lipinski definition) is 3. The summed E-state index contributed by atoms with van der Waals surface area (Å²) in [7, 11) is 0. The quantitative estimate of drug-likeness (QED) is 0.633. The van der Waals surface area contributed by atoms with Gasteiger partial charge >= 0.3 is 18.0 Å². The Balaban J connectivity index is 3.44. The van der Waals surface area contributed by atoms with Gasteiger partial charge in [0.2, 0.25) is 0 Å². The van der Waals surface area contributed by atoms with Crippen LogP contribution in [0.4, 0.5) is 10.5 Å². The van der Waals surface area contributed by atoms with Gasteiger partial charge in [-0.25, -0.2) is 14.4 Å². The molecule has 0 aliphatic rings. The molecule has 0 saturated heterocycles. The van der Waals surface area contributed by atoms with Gasteiger partial charge in [-0.05, 0) is 24.6 Å². The van der Waals surface area contributed by atoms with Crippen LogP contribution in [0.1, 0.15) is 26.3 Å². The molecule has 0 aromatic heterocycles. The maximum absolute atomic E-state index is 11.0. The van der Waals surface area contributed by atoms with Crippen LogP contribution in [0.5, 0.6) is 0 Å². The maximum atomic E-state index is 11.0.